The van der Waals surface area contributed by atoms with Gasteiger partial charge in [-0.25, -0.2) is 8.78 Å². The molecule has 0 saturated heterocycles. The van der Waals surface area contributed by atoms with Crippen molar-refractivity contribution in [3.05, 3.63) is 35.4 Å². The quantitative estimate of drug-likeness (QED) is 0.771. The maximum Gasteiger partial charge on any atom is 0.222 e. The molecule has 0 radical (unpaired) electrons. The summed E-state index contributed by atoms with van der Waals surface area (Å²) < 4.78 is 27.1. The standard InChI is InChI=1S/C14H20F2N2O/c1-3-18(14(19)8-5-9-17-2)10-11-12(15)6-4-7-13(11)16/h4,6-7,17H,3,5,8-10H2,1-2H3. The lowest BCUT2D eigenvalue weighted by molar-refractivity contribution is -0.131. The van der Waals surface area contributed by atoms with Crippen molar-refractivity contribution in [1.82, 2.24) is 10.2 Å². The summed E-state index contributed by atoms with van der Waals surface area (Å²) in [6.07, 6.45) is 1.09. The number of nitrogens with zero attached hydrogens (tertiary/aromatic N) is 1. The molecule has 0 aliphatic heterocycles. The van der Waals surface area contributed by atoms with Crippen LogP contribution in [0.2, 0.25) is 0 Å². The number of amides is 1. The Hall–Kier alpha value is -1.49. The Morgan fingerprint density at radius 3 is 2.47 bits per heavy atom. The molecule has 0 heterocycles. The van der Waals surface area contributed by atoms with Crippen LogP contribution in [0.3, 0.4) is 0 Å². The minimum absolute atomic E-state index is 0.0204. The zero-order valence-electron chi connectivity index (χ0n) is 11.4. The molecule has 0 aromatic heterocycles. The average Bonchev–Trinajstić information content (AvgIpc) is 2.38. The van der Waals surface area contributed by atoms with Gasteiger partial charge in [-0.1, -0.05) is 6.07 Å². The minimum atomic E-state index is -0.610. The molecule has 106 valence electrons. The summed E-state index contributed by atoms with van der Waals surface area (Å²) in [5.74, 6) is -1.30. The number of hydrogen-bond donors (Lipinski definition) is 1. The number of benzene rings is 1. The van der Waals surface area contributed by atoms with Crippen molar-refractivity contribution in [2.24, 2.45) is 0 Å². The summed E-state index contributed by atoms with van der Waals surface area (Å²) in [4.78, 5) is 13.4. The number of carbonyl (C=O) groups excluding carboxylic acids is 1. The smallest absolute Gasteiger partial charge is 0.222 e. The summed E-state index contributed by atoms with van der Waals surface area (Å²) in [5.41, 5.74) is -0.0497. The van der Waals surface area contributed by atoms with Crippen LogP contribution in [-0.4, -0.2) is 30.9 Å². The molecule has 1 rings (SSSR count). The van der Waals surface area contributed by atoms with Crippen molar-refractivity contribution < 1.29 is 13.6 Å². The van der Waals surface area contributed by atoms with E-state index in [-0.39, 0.29) is 18.0 Å². The second-order valence-electron chi connectivity index (χ2n) is 4.32. The van der Waals surface area contributed by atoms with Crippen LogP contribution in [0, 0.1) is 11.6 Å². The third kappa shape index (κ3) is 4.59. The molecular weight excluding hydrogens is 250 g/mol. The lowest BCUT2D eigenvalue weighted by Gasteiger charge is -2.21. The highest BCUT2D eigenvalue weighted by atomic mass is 19.1. The number of nitrogens with one attached hydrogen (secondary N) is 1. The van der Waals surface area contributed by atoms with E-state index in [9.17, 15) is 13.6 Å². The molecule has 19 heavy (non-hydrogen) atoms. The molecule has 1 N–H and O–H groups in total. The minimum Gasteiger partial charge on any atom is -0.338 e. The van der Waals surface area contributed by atoms with Gasteiger partial charge in [0.1, 0.15) is 11.6 Å². The molecule has 0 atom stereocenters. The Kier molecular flexibility index (Phi) is 6.42. The Labute approximate surface area is 112 Å². The van der Waals surface area contributed by atoms with Crippen LogP contribution >= 0.6 is 0 Å². The van der Waals surface area contributed by atoms with Gasteiger partial charge >= 0.3 is 0 Å². The van der Waals surface area contributed by atoms with Crippen LogP contribution in [0.4, 0.5) is 8.78 Å². The predicted molar refractivity (Wildman–Crippen MR) is 70.6 cm³/mol. The van der Waals surface area contributed by atoms with E-state index in [4.69, 9.17) is 0 Å². The summed E-state index contributed by atoms with van der Waals surface area (Å²) in [7, 11) is 1.82. The van der Waals surface area contributed by atoms with Crippen molar-refractivity contribution in [1.29, 1.82) is 0 Å². The lowest BCUT2D eigenvalue weighted by Crippen LogP contribution is -2.31. The van der Waals surface area contributed by atoms with E-state index in [0.717, 1.165) is 6.54 Å². The number of hydrogen-bond acceptors (Lipinski definition) is 2. The number of carbonyl (C=O) groups is 1. The first-order valence-electron chi connectivity index (χ1n) is 6.45. The van der Waals surface area contributed by atoms with E-state index in [1.54, 1.807) is 6.92 Å². The molecule has 0 aliphatic carbocycles. The first kappa shape index (κ1) is 15.6. The Morgan fingerprint density at radius 2 is 1.95 bits per heavy atom. The SMILES string of the molecule is CCN(Cc1c(F)cccc1F)C(=O)CCCNC. The second-order valence-corrected chi connectivity index (χ2v) is 4.32. The van der Waals surface area contributed by atoms with E-state index < -0.39 is 11.6 Å². The zero-order valence-corrected chi connectivity index (χ0v) is 11.4. The Bertz CT molecular complexity index is 404. The van der Waals surface area contributed by atoms with Crippen molar-refractivity contribution in [3.8, 4) is 0 Å². The van der Waals surface area contributed by atoms with Crippen LogP contribution in [0.1, 0.15) is 25.3 Å². The van der Waals surface area contributed by atoms with Gasteiger partial charge in [0, 0.05) is 18.5 Å². The second kappa shape index (κ2) is 7.84. The van der Waals surface area contributed by atoms with Crippen molar-refractivity contribution in [3.63, 3.8) is 0 Å². The maximum absolute atomic E-state index is 13.5. The summed E-state index contributed by atoms with van der Waals surface area (Å²) in [6.45, 7) is 2.96. The van der Waals surface area contributed by atoms with Gasteiger partial charge < -0.3 is 10.2 Å². The fourth-order valence-corrected chi connectivity index (χ4v) is 1.83. The molecule has 0 saturated carbocycles. The molecule has 0 fully saturated rings. The van der Waals surface area contributed by atoms with Crippen LogP contribution in [-0.2, 0) is 11.3 Å². The summed E-state index contributed by atoms with van der Waals surface area (Å²) in [5, 5.41) is 2.96. The maximum atomic E-state index is 13.5. The fraction of sp³-hybridized carbons (Fsp3) is 0.500. The molecule has 1 aromatic carbocycles. The van der Waals surface area contributed by atoms with Gasteiger partial charge in [-0.05, 0) is 39.1 Å². The largest absolute Gasteiger partial charge is 0.338 e. The molecule has 0 spiro atoms. The molecule has 5 heteroatoms. The van der Waals surface area contributed by atoms with Crippen LogP contribution < -0.4 is 5.32 Å². The third-order valence-corrected chi connectivity index (χ3v) is 2.96. The topological polar surface area (TPSA) is 32.3 Å². The zero-order chi connectivity index (χ0) is 14.3. The van der Waals surface area contributed by atoms with Crippen LogP contribution in [0.25, 0.3) is 0 Å². The van der Waals surface area contributed by atoms with Crippen molar-refractivity contribution in [2.75, 3.05) is 20.1 Å². The molecule has 3 nitrogen and oxygen atoms in total. The highest BCUT2D eigenvalue weighted by molar-refractivity contribution is 5.76. The van der Waals surface area contributed by atoms with Crippen molar-refractivity contribution >= 4 is 5.91 Å². The van der Waals surface area contributed by atoms with E-state index in [2.05, 4.69) is 5.32 Å². The van der Waals surface area contributed by atoms with E-state index in [1.807, 2.05) is 7.05 Å². The van der Waals surface area contributed by atoms with E-state index in [0.29, 0.717) is 19.4 Å². The normalized spacial score (nSPS) is 10.5. The lowest BCUT2D eigenvalue weighted by atomic mass is 10.1. The summed E-state index contributed by atoms with van der Waals surface area (Å²) >= 11 is 0. The molecule has 0 aliphatic rings. The Morgan fingerprint density at radius 1 is 1.32 bits per heavy atom. The van der Waals surface area contributed by atoms with Gasteiger partial charge in [0.2, 0.25) is 5.91 Å². The molecular formula is C14H20F2N2O. The molecule has 1 aromatic rings. The molecule has 1 amide bonds. The van der Waals surface area contributed by atoms with Gasteiger partial charge in [-0.2, -0.15) is 0 Å². The van der Waals surface area contributed by atoms with Crippen molar-refractivity contribution in [2.45, 2.75) is 26.3 Å². The van der Waals surface area contributed by atoms with Gasteiger partial charge in [0.25, 0.3) is 0 Å². The number of rotatable bonds is 7. The van der Waals surface area contributed by atoms with Crippen LogP contribution in [0.15, 0.2) is 18.2 Å². The highest BCUT2D eigenvalue weighted by Gasteiger charge is 2.16. The van der Waals surface area contributed by atoms with Gasteiger partial charge in [-0.3, -0.25) is 4.79 Å². The fourth-order valence-electron chi connectivity index (χ4n) is 1.83. The van der Waals surface area contributed by atoms with E-state index >= 15 is 0 Å². The van der Waals surface area contributed by atoms with Gasteiger partial charge in [-0.15, -0.1) is 0 Å². The Balaban J connectivity index is 2.68. The molecule has 0 unspecified atom stereocenters. The molecule has 0 bridgehead atoms. The first-order chi connectivity index (χ1) is 9.10. The first-order valence-corrected chi connectivity index (χ1v) is 6.45. The van der Waals surface area contributed by atoms with E-state index in [1.165, 1.54) is 23.1 Å². The van der Waals surface area contributed by atoms with Gasteiger partial charge in [0.15, 0.2) is 0 Å². The summed E-state index contributed by atoms with van der Waals surface area (Å²) in [6, 6.07) is 3.73. The highest BCUT2D eigenvalue weighted by Crippen LogP contribution is 2.15. The van der Waals surface area contributed by atoms with Crippen LogP contribution in [0.5, 0.6) is 0 Å². The third-order valence-electron chi connectivity index (χ3n) is 2.96. The monoisotopic (exact) mass is 270 g/mol. The van der Waals surface area contributed by atoms with Gasteiger partial charge in [0.05, 0.1) is 6.54 Å². The number of halogens is 2. The average molecular weight is 270 g/mol. The predicted octanol–water partition coefficient (Wildman–Crippen LogP) is 2.31.